The summed E-state index contributed by atoms with van der Waals surface area (Å²) in [5, 5.41) is 6.91. The molecule has 5 rings (SSSR count). The van der Waals surface area contributed by atoms with Crippen molar-refractivity contribution in [2.75, 3.05) is 13.1 Å². The van der Waals surface area contributed by atoms with Crippen LogP contribution in [0.2, 0.25) is 0 Å². The molecule has 0 radical (unpaired) electrons. The first-order valence-corrected chi connectivity index (χ1v) is 10.6. The van der Waals surface area contributed by atoms with E-state index in [1.807, 2.05) is 28.1 Å². The fourth-order valence-corrected chi connectivity index (χ4v) is 4.99. The van der Waals surface area contributed by atoms with Crippen molar-refractivity contribution in [2.24, 2.45) is 5.10 Å². The van der Waals surface area contributed by atoms with E-state index in [4.69, 9.17) is 9.84 Å². The van der Waals surface area contributed by atoms with Crippen LogP contribution < -0.4 is 4.74 Å². The first-order valence-electron chi connectivity index (χ1n) is 9.82. The monoisotopic (exact) mass is 457 g/mol. The maximum absolute atomic E-state index is 14.5. The Labute approximate surface area is 177 Å². The lowest BCUT2D eigenvalue weighted by molar-refractivity contribution is -0.158. The Morgan fingerprint density at radius 2 is 2.00 bits per heavy atom. The zero-order valence-electron chi connectivity index (χ0n) is 16.1. The molecule has 0 aliphatic carbocycles. The predicted molar refractivity (Wildman–Crippen MR) is 111 cm³/mol. The summed E-state index contributed by atoms with van der Waals surface area (Å²) in [6.45, 7) is 2.84. The molecule has 3 aliphatic rings. The maximum atomic E-state index is 14.5. The van der Waals surface area contributed by atoms with Crippen LogP contribution in [0, 0.1) is 5.82 Å². The van der Waals surface area contributed by atoms with Gasteiger partial charge in [-0.15, -0.1) is 0 Å². The third-order valence-corrected chi connectivity index (χ3v) is 6.63. The molecule has 1 spiro atoms. The zero-order valence-corrected chi connectivity index (χ0v) is 17.7. The van der Waals surface area contributed by atoms with Gasteiger partial charge in [-0.1, -0.05) is 34.1 Å². The molecule has 0 bridgehead atoms. The van der Waals surface area contributed by atoms with E-state index >= 15 is 0 Å². The Bertz CT molecular complexity index is 1020. The van der Waals surface area contributed by atoms with Gasteiger partial charge in [0.15, 0.2) is 0 Å². The fourth-order valence-electron chi connectivity index (χ4n) is 4.61. The largest absolute Gasteiger partial charge is 0.466 e. The van der Waals surface area contributed by atoms with Crippen molar-refractivity contribution in [3.63, 3.8) is 0 Å². The highest BCUT2D eigenvalue weighted by atomic mass is 79.9. The SMILES string of the molecule is CC(=O)N1CCC2(CC1)Oc1ccc(Br)cc1[C@H]1CC(c3ccccc3F)=NN12. The molecule has 1 amide bonds. The molecule has 150 valence electrons. The van der Waals surface area contributed by atoms with Gasteiger partial charge in [-0.05, 0) is 24.3 Å². The van der Waals surface area contributed by atoms with Crippen molar-refractivity contribution in [3.8, 4) is 5.75 Å². The molecule has 29 heavy (non-hydrogen) atoms. The van der Waals surface area contributed by atoms with Gasteiger partial charge in [-0.25, -0.2) is 9.40 Å². The van der Waals surface area contributed by atoms with E-state index in [2.05, 4.69) is 22.0 Å². The van der Waals surface area contributed by atoms with E-state index in [1.165, 1.54) is 6.07 Å². The normalized spacial score (nSPS) is 22.0. The van der Waals surface area contributed by atoms with E-state index in [0.29, 0.717) is 37.9 Å². The lowest BCUT2D eigenvalue weighted by Gasteiger charge is -2.51. The molecule has 0 N–H and O–H groups in total. The van der Waals surface area contributed by atoms with Crippen molar-refractivity contribution in [1.29, 1.82) is 0 Å². The van der Waals surface area contributed by atoms with Crippen molar-refractivity contribution >= 4 is 27.5 Å². The number of likely N-dealkylation sites (tertiary alicyclic amines) is 1. The Balaban J connectivity index is 1.57. The van der Waals surface area contributed by atoms with Crippen LogP contribution in [-0.4, -0.2) is 40.3 Å². The van der Waals surface area contributed by atoms with E-state index in [0.717, 1.165) is 21.5 Å². The molecule has 7 heteroatoms. The average molecular weight is 458 g/mol. The minimum atomic E-state index is -0.621. The van der Waals surface area contributed by atoms with Gasteiger partial charge in [0.2, 0.25) is 11.6 Å². The highest BCUT2D eigenvalue weighted by Gasteiger charge is 2.52. The molecule has 2 aromatic rings. The number of benzene rings is 2. The van der Waals surface area contributed by atoms with E-state index < -0.39 is 5.72 Å². The van der Waals surface area contributed by atoms with Gasteiger partial charge in [0.1, 0.15) is 11.6 Å². The summed E-state index contributed by atoms with van der Waals surface area (Å²) >= 11 is 3.55. The van der Waals surface area contributed by atoms with Gasteiger partial charge in [0, 0.05) is 54.9 Å². The average Bonchev–Trinajstić information content (AvgIpc) is 3.16. The quantitative estimate of drug-likeness (QED) is 0.634. The predicted octanol–water partition coefficient (Wildman–Crippen LogP) is 4.47. The van der Waals surface area contributed by atoms with Crippen LogP contribution in [0.15, 0.2) is 52.0 Å². The molecule has 0 aromatic heterocycles. The first-order chi connectivity index (χ1) is 14.0. The number of carbonyl (C=O) groups excluding carboxylic acids is 1. The van der Waals surface area contributed by atoms with Gasteiger partial charge in [0.05, 0.1) is 11.8 Å². The molecule has 0 saturated carbocycles. The van der Waals surface area contributed by atoms with Crippen LogP contribution in [-0.2, 0) is 4.79 Å². The fraction of sp³-hybridized carbons (Fsp3) is 0.364. The molecular formula is C22H21BrFN3O2. The van der Waals surface area contributed by atoms with Gasteiger partial charge in [0.25, 0.3) is 0 Å². The molecular weight excluding hydrogens is 437 g/mol. The van der Waals surface area contributed by atoms with Gasteiger partial charge in [-0.3, -0.25) is 4.79 Å². The minimum Gasteiger partial charge on any atom is -0.466 e. The number of ether oxygens (including phenoxy) is 1. The van der Waals surface area contributed by atoms with Crippen molar-refractivity contribution in [1.82, 2.24) is 9.91 Å². The number of nitrogens with zero attached hydrogens (tertiary/aromatic N) is 3. The number of hydrogen-bond acceptors (Lipinski definition) is 4. The van der Waals surface area contributed by atoms with Crippen LogP contribution in [0.25, 0.3) is 0 Å². The number of rotatable bonds is 1. The van der Waals surface area contributed by atoms with Crippen LogP contribution in [0.1, 0.15) is 43.4 Å². The van der Waals surface area contributed by atoms with E-state index in [9.17, 15) is 9.18 Å². The Kier molecular flexibility index (Phi) is 4.38. The number of fused-ring (bicyclic) bond motifs is 4. The molecule has 1 atom stereocenters. The molecule has 3 heterocycles. The Hall–Kier alpha value is -2.41. The summed E-state index contributed by atoms with van der Waals surface area (Å²) in [5.74, 6) is 0.658. The Morgan fingerprint density at radius 1 is 1.24 bits per heavy atom. The third-order valence-electron chi connectivity index (χ3n) is 6.13. The topological polar surface area (TPSA) is 45.1 Å². The van der Waals surface area contributed by atoms with Crippen LogP contribution >= 0.6 is 15.9 Å². The van der Waals surface area contributed by atoms with Gasteiger partial charge < -0.3 is 9.64 Å². The molecule has 1 saturated heterocycles. The number of halogens is 2. The zero-order chi connectivity index (χ0) is 20.2. The first kappa shape index (κ1) is 18.6. The number of carbonyl (C=O) groups is 1. The summed E-state index contributed by atoms with van der Waals surface area (Å²) in [6, 6.07) is 12.8. The summed E-state index contributed by atoms with van der Waals surface area (Å²) in [7, 11) is 0. The number of hydrazone groups is 1. The third kappa shape index (κ3) is 3.03. The molecule has 0 unspecified atom stereocenters. The summed E-state index contributed by atoms with van der Waals surface area (Å²) in [6.07, 6.45) is 1.94. The maximum Gasteiger partial charge on any atom is 0.219 e. The van der Waals surface area contributed by atoms with Crippen LogP contribution in [0.5, 0.6) is 5.75 Å². The number of piperidine rings is 1. The summed E-state index contributed by atoms with van der Waals surface area (Å²) in [4.78, 5) is 13.7. The molecule has 3 aliphatic heterocycles. The second kappa shape index (κ2) is 6.83. The van der Waals surface area contributed by atoms with Crippen molar-refractivity contribution in [3.05, 3.63) is 63.9 Å². The molecule has 5 nitrogen and oxygen atoms in total. The molecule has 1 fully saturated rings. The number of hydrogen-bond donors (Lipinski definition) is 0. The number of amides is 1. The van der Waals surface area contributed by atoms with E-state index in [-0.39, 0.29) is 17.8 Å². The van der Waals surface area contributed by atoms with Crippen LogP contribution in [0.4, 0.5) is 4.39 Å². The Morgan fingerprint density at radius 3 is 2.72 bits per heavy atom. The second-order valence-electron chi connectivity index (χ2n) is 7.83. The molecule has 2 aromatic carbocycles. The van der Waals surface area contributed by atoms with Crippen LogP contribution in [0.3, 0.4) is 0 Å². The highest BCUT2D eigenvalue weighted by molar-refractivity contribution is 9.10. The minimum absolute atomic E-state index is 0.0188. The van der Waals surface area contributed by atoms with E-state index in [1.54, 1.807) is 19.1 Å². The summed E-state index contributed by atoms with van der Waals surface area (Å²) < 4.78 is 22.0. The van der Waals surface area contributed by atoms with Gasteiger partial charge >= 0.3 is 0 Å². The standard InChI is InChI=1S/C22H21BrFN3O2/c1-14(28)26-10-8-22(9-11-26)27-20(17-12-15(23)6-7-21(17)29-22)13-19(25-27)16-4-2-3-5-18(16)24/h2-7,12,20H,8-11,13H2,1H3/t20-/m1/s1. The lowest BCUT2D eigenvalue weighted by atomic mass is 9.90. The lowest BCUT2D eigenvalue weighted by Crippen LogP contribution is -2.59. The highest BCUT2D eigenvalue weighted by Crippen LogP contribution is 2.50. The van der Waals surface area contributed by atoms with Gasteiger partial charge in [-0.2, -0.15) is 5.10 Å². The van der Waals surface area contributed by atoms with Crippen molar-refractivity contribution < 1.29 is 13.9 Å². The smallest absolute Gasteiger partial charge is 0.219 e. The summed E-state index contributed by atoms with van der Waals surface area (Å²) in [5.41, 5.74) is 1.70. The van der Waals surface area contributed by atoms with Crippen molar-refractivity contribution in [2.45, 2.75) is 38.0 Å². The second-order valence-corrected chi connectivity index (χ2v) is 8.74.